The fraction of sp³-hybridized carbons (Fsp3) is 0.300. The molecule has 1 aliphatic rings. The number of imide groups is 1. The number of carbonyl (C=O) groups is 2. The molecule has 5 nitrogen and oxygen atoms in total. The number of hydrogen-bond acceptors (Lipinski definition) is 3. The molecular formula is C20H21ClN2O3. The smallest absolute Gasteiger partial charge is 0.325 e. The first-order chi connectivity index (χ1) is 12.5. The number of carbonyl (C=O) groups excluding carboxylic acids is 2. The summed E-state index contributed by atoms with van der Waals surface area (Å²) in [7, 11) is 0. The molecule has 3 rings (SSSR count). The molecular weight excluding hydrogens is 352 g/mol. The topological polar surface area (TPSA) is 58.6 Å². The molecule has 1 N–H and O–H groups in total. The first-order valence-corrected chi connectivity index (χ1v) is 8.93. The average Bonchev–Trinajstić information content (AvgIpc) is 2.86. The molecule has 2 aromatic rings. The number of nitrogens with one attached hydrogen (secondary N) is 1. The third-order valence-electron chi connectivity index (χ3n) is 4.51. The van der Waals surface area contributed by atoms with E-state index in [0.717, 1.165) is 5.56 Å². The lowest BCUT2D eigenvalue weighted by molar-refractivity contribution is -0.131. The van der Waals surface area contributed by atoms with E-state index in [9.17, 15) is 9.59 Å². The number of benzene rings is 2. The highest BCUT2D eigenvalue weighted by Gasteiger charge is 2.47. The molecule has 0 aliphatic carbocycles. The van der Waals surface area contributed by atoms with Crippen molar-refractivity contribution in [2.75, 3.05) is 13.2 Å². The van der Waals surface area contributed by atoms with Gasteiger partial charge in [-0.3, -0.25) is 9.69 Å². The molecule has 1 atom stereocenters. The Hall–Kier alpha value is -2.53. The summed E-state index contributed by atoms with van der Waals surface area (Å²) >= 11 is 6.04. The number of ether oxygens (including phenoxy) is 1. The van der Waals surface area contributed by atoms with Crippen molar-refractivity contribution in [3.63, 3.8) is 0 Å². The van der Waals surface area contributed by atoms with Crippen LogP contribution in [0.25, 0.3) is 0 Å². The Kier molecular flexibility index (Phi) is 5.47. The van der Waals surface area contributed by atoms with Gasteiger partial charge in [0.25, 0.3) is 5.91 Å². The van der Waals surface area contributed by atoms with Crippen molar-refractivity contribution in [2.45, 2.75) is 25.3 Å². The van der Waals surface area contributed by atoms with Gasteiger partial charge in [0.15, 0.2) is 0 Å². The van der Waals surface area contributed by atoms with Crippen LogP contribution in [0.1, 0.15) is 18.9 Å². The van der Waals surface area contributed by atoms with Crippen molar-refractivity contribution in [1.82, 2.24) is 10.2 Å². The summed E-state index contributed by atoms with van der Waals surface area (Å²) in [5, 5.41) is 3.31. The van der Waals surface area contributed by atoms with Crippen LogP contribution >= 0.6 is 11.6 Å². The van der Waals surface area contributed by atoms with E-state index >= 15 is 0 Å². The highest BCUT2D eigenvalue weighted by atomic mass is 35.5. The first kappa shape index (κ1) is 18.3. The molecule has 6 heteroatoms. The number of urea groups is 1. The Morgan fingerprint density at radius 1 is 1.08 bits per heavy atom. The molecule has 2 aromatic carbocycles. The van der Waals surface area contributed by atoms with Gasteiger partial charge in [-0.25, -0.2) is 4.79 Å². The minimum atomic E-state index is -0.892. The maximum Gasteiger partial charge on any atom is 0.325 e. The molecule has 0 spiro atoms. The third kappa shape index (κ3) is 3.99. The lowest BCUT2D eigenvalue weighted by Crippen LogP contribution is -2.44. The summed E-state index contributed by atoms with van der Waals surface area (Å²) in [6.07, 6.45) is 1.26. The van der Waals surface area contributed by atoms with E-state index in [-0.39, 0.29) is 25.1 Å². The Morgan fingerprint density at radius 3 is 2.50 bits per heavy atom. The van der Waals surface area contributed by atoms with Crippen molar-refractivity contribution < 1.29 is 14.3 Å². The van der Waals surface area contributed by atoms with Crippen LogP contribution in [-0.4, -0.2) is 35.5 Å². The predicted molar refractivity (Wildman–Crippen MR) is 100 cm³/mol. The molecule has 0 radical (unpaired) electrons. The molecule has 0 bridgehead atoms. The average molecular weight is 373 g/mol. The standard InChI is InChI=1S/C20H21ClN2O3/c1-20(12-11-15-7-3-2-4-8-15)18(24)23(19(25)22-20)13-14-26-17-10-6-5-9-16(17)21/h2-10H,11-14H2,1H3,(H,22,25). The first-order valence-electron chi connectivity index (χ1n) is 8.55. The summed E-state index contributed by atoms with van der Waals surface area (Å²) in [5.41, 5.74) is 0.244. The highest BCUT2D eigenvalue weighted by molar-refractivity contribution is 6.32. The van der Waals surface area contributed by atoms with Gasteiger partial charge in [-0.1, -0.05) is 54.1 Å². The van der Waals surface area contributed by atoms with E-state index in [1.807, 2.05) is 42.5 Å². The lowest BCUT2D eigenvalue weighted by atomic mass is 9.93. The molecule has 1 unspecified atom stereocenters. The second-order valence-corrected chi connectivity index (χ2v) is 6.89. The molecule has 136 valence electrons. The van der Waals surface area contributed by atoms with Crippen molar-refractivity contribution in [1.29, 1.82) is 0 Å². The monoisotopic (exact) mass is 372 g/mol. The minimum Gasteiger partial charge on any atom is -0.490 e. The lowest BCUT2D eigenvalue weighted by Gasteiger charge is -2.21. The quantitative estimate of drug-likeness (QED) is 0.754. The second-order valence-electron chi connectivity index (χ2n) is 6.48. The largest absolute Gasteiger partial charge is 0.490 e. The number of amides is 3. The molecule has 1 fully saturated rings. The van der Waals surface area contributed by atoms with Crippen molar-refractivity contribution in [3.05, 3.63) is 65.2 Å². The van der Waals surface area contributed by atoms with Crippen LogP contribution in [0.4, 0.5) is 4.79 Å². The van der Waals surface area contributed by atoms with Crippen LogP contribution in [-0.2, 0) is 11.2 Å². The van der Waals surface area contributed by atoms with E-state index in [0.29, 0.717) is 23.6 Å². The SMILES string of the molecule is CC1(CCc2ccccc2)NC(=O)N(CCOc2ccccc2Cl)C1=O. The number of rotatable bonds is 7. The van der Waals surface area contributed by atoms with E-state index in [2.05, 4.69) is 5.32 Å². The zero-order valence-corrected chi connectivity index (χ0v) is 15.3. The van der Waals surface area contributed by atoms with Crippen LogP contribution in [0.3, 0.4) is 0 Å². The summed E-state index contributed by atoms with van der Waals surface area (Å²) in [6.45, 7) is 2.14. The van der Waals surface area contributed by atoms with Gasteiger partial charge in [0, 0.05) is 0 Å². The normalized spacial score (nSPS) is 19.5. The number of aryl methyl sites for hydroxylation is 1. The number of para-hydroxylation sites is 1. The molecule has 26 heavy (non-hydrogen) atoms. The van der Waals surface area contributed by atoms with Gasteiger partial charge in [0.2, 0.25) is 0 Å². The van der Waals surface area contributed by atoms with E-state index in [1.165, 1.54) is 4.90 Å². The van der Waals surface area contributed by atoms with Gasteiger partial charge in [0.1, 0.15) is 17.9 Å². The highest BCUT2D eigenvalue weighted by Crippen LogP contribution is 2.25. The number of halogens is 1. The Morgan fingerprint density at radius 2 is 1.77 bits per heavy atom. The van der Waals surface area contributed by atoms with Gasteiger partial charge in [-0.05, 0) is 37.5 Å². The fourth-order valence-electron chi connectivity index (χ4n) is 2.97. The molecule has 1 heterocycles. The van der Waals surface area contributed by atoms with Gasteiger partial charge in [0.05, 0.1) is 11.6 Å². The Balaban J connectivity index is 1.57. The molecule has 0 aromatic heterocycles. The van der Waals surface area contributed by atoms with Gasteiger partial charge < -0.3 is 10.1 Å². The second kappa shape index (κ2) is 7.79. The fourth-order valence-corrected chi connectivity index (χ4v) is 3.16. The summed E-state index contributed by atoms with van der Waals surface area (Å²) < 4.78 is 5.59. The van der Waals surface area contributed by atoms with Crippen LogP contribution in [0.15, 0.2) is 54.6 Å². The van der Waals surface area contributed by atoms with Crippen LogP contribution in [0.5, 0.6) is 5.75 Å². The molecule has 0 saturated carbocycles. The Labute approximate surface area is 157 Å². The molecule has 1 saturated heterocycles. The summed E-state index contributed by atoms with van der Waals surface area (Å²) in [4.78, 5) is 26.2. The van der Waals surface area contributed by atoms with Crippen LogP contribution < -0.4 is 10.1 Å². The van der Waals surface area contributed by atoms with E-state index in [4.69, 9.17) is 16.3 Å². The predicted octanol–water partition coefficient (Wildman–Crippen LogP) is 3.66. The van der Waals surface area contributed by atoms with Gasteiger partial charge in [-0.2, -0.15) is 0 Å². The van der Waals surface area contributed by atoms with Gasteiger partial charge in [-0.15, -0.1) is 0 Å². The molecule has 1 aliphatic heterocycles. The maximum atomic E-state index is 12.7. The summed E-state index contributed by atoms with van der Waals surface area (Å²) in [5.74, 6) is 0.314. The summed E-state index contributed by atoms with van der Waals surface area (Å²) in [6, 6.07) is 16.6. The zero-order valence-electron chi connectivity index (χ0n) is 14.6. The number of hydrogen-bond donors (Lipinski definition) is 1. The maximum absolute atomic E-state index is 12.7. The third-order valence-corrected chi connectivity index (χ3v) is 4.82. The van der Waals surface area contributed by atoms with Gasteiger partial charge >= 0.3 is 6.03 Å². The Bertz CT molecular complexity index is 797. The van der Waals surface area contributed by atoms with Crippen LogP contribution in [0, 0.1) is 0 Å². The van der Waals surface area contributed by atoms with E-state index in [1.54, 1.807) is 19.1 Å². The van der Waals surface area contributed by atoms with Crippen molar-refractivity contribution in [3.8, 4) is 5.75 Å². The van der Waals surface area contributed by atoms with Crippen molar-refractivity contribution in [2.24, 2.45) is 0 Å². The molecule has 3 amide bonds. The zero-order chi connectivity index (χ0) is 18.6. The van der Waals surface area contributed by atoms with E-state index < -0.39 is 5.54 Å². The number of nitrogens with zero attached hydrogens (tertiary/aromatic N) is 1. The van der Waals surface area contributed by atoms with Crippen molar-refractivity contribution >= 4 is 23.5 Å². The van der Waals surface area contributed by atoms with Crippen LogP contribution in [0.2, 0.25) is 5.02 Å². The minimum absolute atomic E-state index is 0.177.